The Morgan fingerprint density at radius 2 is 1.69 bits per heavy atom. The summed E-state index contributed by atoms with van der Waals surface area (Å²) < 4.78 is 24.6. The van der Waals surface area contributed by atoms with E-state index in [9.17, 15) is 13.6 Å². The molecule has 1 heterocycles. The van der Waals surface area contributed by atoms with Crippen LogP contribution in [0.2, 0.25) is 0 Å². The Morgan fingerprint density at radius 3 is 2.19 bits per heavy atom. The van der Waals surface area contributed by atoms with E-state index < -0.39 is 6.43 Å². The Hall–Kier alpha value is -1.45. The molecule has 4 heteroatoms. The van der Waals surface area contributed by atoms with Crippen molar-refractivity contribution in [2.45, 2.75) is 19.3 Å². The molecular weight excluding hydrogens is 212 g/mol. The minimum absolute atomic E-state index is 0.0435. The number of nitrogens with zero attached hydrogens (tertiary/aromatic N) is 1. The Kier molecular flexibility index (Phi) is 3.17. The molecular formula is C12H13F2NO. The maximum atomic E-state index is 12.3. The zero-order valence-electron chi connectivity index (χ0n) is 8.83. The van der Waals surface area contributed by atoms with E-state index >= 15 is 0 Å². The summed E-state index contributed by atoms with van der Waals surface area (Å²) in [5, 5.41) is 0. The molecule has 1 aliphatic rings. The summed E-state index contributed by atoms with van der Waals surface area (Å²) in [7, 11) is 0. The zero-order valence-corrected chi connectivity index (χ0v) is 8.83. The van der Waals surface area contributed by atoms with Crippen LogP contribution in [0.3, 0.4) is 0 Å². The van der Waals surface area contributed by atoms with Gasteiger partial charge in [0.2, 0.25) is 0 Å². The highest BCUT2D eigenvalue weighted by molar-refractivity contribution is 5.94. The summed E-state index contributed by atoms with van der Waals surface area (Å²) in [6.45, 7) is 1.55. The summed E-state index contributed by atoms with van der Waals surface area (Å²) in [5.74, 6) is -0.0571. The molecule has 2 nitrogen and oxygen atoms in total. The van der Waals surface area contributed by atoms with Crippen molar-refractivity contribution >= 4 is 5.91 Å². The topological polar surface area (TPSA) is 20.3 Å². The second kappa shape index (κ2) is 4.60. The standard InChI is InChI=1S/C12H13F2NO/c13-11(14)9-3-5-10(6-4-9)12(16)15-7-1-2-8-15/h3-6,11H,1-2,7-8H2. The molecule has 1 aliphatic heterocycles. The van der Waals surface area contributed by atoms with Gasteiger partial charge < -0.3 is 4.90 Å². The Morgan fingerprint density at radius 1 is 1.12 bits per heavy atom. The van der Waals surface area contributed by atoms with Crippen LogP contribution in [0.4, 0.5) is 8.78 Å². The predicted octanol–water partition coefficient (Wildman–Crippen LogP) is 2.86. The molecule has 0 spiro atoms. The number of hydrogen-bond donors (Lipinski definition) is 0. The summed E-state index contributed by atoms with van der Waals surface area (Å²) in [6.07, 6.45) is -0.419. The SMILES string of the molecule is O=C(c1ccc(C(F)F)cc1)N1CCCC1. The molecule has 1 amide bonds. The highest BCUT2D eigenvalue weighted by Crippen LogP contribution is 2.20. The summed E-state index contributed by atoms with van der Waals surface area (Å²) in [4.78, 5) is 13.6. The molecule has 16 heavy (non-hydrogen) atoms. The van der Waals surface area contributed by atoms with Crippen molar-refractivity contribution < 1.29 is 13.6 Å². The van der Waals surface area contributed by atoms with Crippen molar-refractivity contribution in [3.63, 3.8) is 0 Å². The Bertz CT molecular complexity index is 369. The molecule has 0 unspecified atom stereocenters. The minimum atomic E-state index is -2.48. The first-order chi connectivity index (χ1) is 7.68. The van der Waals surface area contributed by atoms with Crippen molar-refractivity contribution in [3.8, 4) is 0 Å². The smallest absolute Gasteiger partial charge is 0.263 e. The van der Waals surface area contributed by atoms with E-state index in [4.69, 9.17) is 0 Å². The van der Waals surface area contributed by atoms with E-state index in [1.54, 1.807) is 4.90 Å². The van der Waals surface area contributed by atoms with Gasteiger partial charge in [0.25, 0.3) is 12.3 Å². The molecule has 86 valence electrons. The number of alkyl halides is 2. The molecule has 1 fully saturated rings. The van der Waals surface area contributed by atoms with Gasteiger partial charge in [0.15, 0.2) is 0 Å². The first kappa shape index (κ1) is 11.0. The molecule has 0 saturated carbocycles. The van der Waals surface area contributed by atoms with Crippen LogP contribution in [0.15, 0.2) is 24.3 Å². The molecule has 0 aliphatic carbocycles. The van der Waals surface area contributed by atoms with Crippen molar-refractivity contribution in [1.82, 2.24) is 4.90 Å². The van der Waals surface area contributed by atoms with Crippen LogP contribution in [0.25, 0.3) is 0 Å². The van der Waals surface area contributed by atoms with Crippen LogP contribution in [0.5, 0.6) is 0 Å². The molecule has 0 atom stereocenters. The maximum Gasteiger partial charge on any atom is 0.263 e. The van der Waals surface area contributed by atoms with Crippen molar-refractivity contribution in [2.75, 3.05) is 13.1 Å². The van der Waals surface area contributed by atoms with Crippen LogP contribution in [-0.2, 0) is 0 Å². The van der Waals surface area contributed by atoms with Gasteiger partial charge in [-0.2, -0.15) is 0 Å². The third-order valence-corrected chi connectivity index (χ3v) is 2.80. The highest BCUT2D eigenvalue weighted by atomic mass is 19.3. The third-order valence-electron chi connectivity index (χ3n) is 2.80. The van der Waals surface area contributed by atoms with E-state index in [1.165, 1.54) is 24.3 Å². The summed E-state index contributed by atoms with van der Waals surface area (Å²) >= 11 is 0. The Balaban J connectivity index is 2.11. The van der Waals surface area contributed by atoms with E-state index in [1.807, 2.05) is 0 Å². The molecule has 1 saturated heterocycles. The lowest BCUT2D eigenvalue weighted by molar-refractivity contribution is 0.0792. The molecule has 0 N–H and O–H groups in total. The number of hydrogen-bond acceptors (Lipinski definition) is 1. The zero-order chi connectivity index (χ0) is 11.5. The predicted molar refractivity (Wildman–Crippen MR) is 56.5 cm³/mol. The average molecular weight is 225 g/mol. The minimum Gasteiger partial charge on any atom is -0.339 e. The van der Waals surface area contributed by atoms with Crippen LogP contribution < -0.4 is 0 Å². The van der Waals surface area contributed by atoms with Gasteiger partial charge in [-0.3, -0.25) is 4.79 Å². The lowest BCUT2D eigenvalue weighted by atomic mass is 10.1. The number of benzene rings is 1. The number of halogens is 2. The number of amides is 1. The van der Waals surface area contributed by atoms with Gasteiger partial charge in [-0.05, 0) is 25.0 Å². The first-order valence-corrected chi connectivity index (χ1v) is 5.36. The monoisotopic (exact) mass is 225 g/mol. The molecule has 2 rings (SSSR count). The molecule has 1 aromatic rings. The largest absolute Gasteiger partial charge is 0.339 e. The van der Waals surface area contributed by atoms with Crippen molar-refractivity contribution in [2.24, 2.45) is 0 Å². The van der Waals surface area contributed by atoms with Crippen molar-refractivity contribution in [1.29, 1.82) is 0 Å². The number of carbonyl (C=O) groups is 1. The maximum absolute atomic E-state index is 12.3. The average Bonchev–Trinajstić information content (AvgIpc) is 2.81. The lowest BCUT2D eigenvalue weighted by Crippen LogP contribution is -2.27. The molecule has 0 radical (unpaired) electrons. The number of rotatable bonds is 2. The first-order valence-electron chi connectivity index (χ1n) is 5.36. The van der Waals surface area contributed by atoms with Crippen LogP contribution in [0, 0.1) is 0 Å². The van der Waals surface area contributed by atoms with Gasteiger partial charge in [-0.1, -0.05) is 12.1 Å². The lowest BCUT2D eigenvalue weighted by Gasteiger charge is -2.15. The number of carbonyl (C=O) groups excluding carboxylic acids is 1. The van der Waals surface area contributed by atoms with E-state index in [-0.39, 0.29) is 11.5 Å². The summed E-state index contributed by atoms with van der Waals surface area (Å²) in [5.41, 5.74) is 0.448. The fraction of sp³-hybridized carbons (Fsp3) is 0.417. The van der Waals surface area contributed by atoms with Crippen LogP contribution in [0.1, 0.15) is 35.2 Å². The number of likely N-dealkylation sites (tertiary alicyclic amines) is 1. The van der Waals surface area contributed by atoms with Crippen LogP contribution >= 0.6 is 0 Å². The van der Waals surface area contributed by atoms with E-state index in [0.717, 1.165) is 25.9 Å². The molecule has 1 aromatic carbocycles. The van der Waals surface area contributed by atoms with Gasteiger partial charge in [0.05, 0.1) is 0 Å². The van der Waals surface area contributed by atoms with E-state index in [0.29, 0.717) is 5.56 Å². The quantitative estimate of drug-likeness (QED) is 0.757. The second-order valence-electron chi connectivity index (χ2n) is 3.92. The fourth-order valence-corrected chi connectivity index (χ4v) is 1.87. The molecule has 0 bridgehead atoms. The van der Waals surface area contributed by atoms with Gasteiger partial charge in [-0.15, -0.1) is 0 Å². The fourth-order valence-electron chi connectivity index (χ4n) is 1.87. The van der Waals surface area contributed by atoms with Crippen molar-refractivity contribution in [3.05, 3.63) is 35.4 Å². The van der Waals surface area contributed by atoms with Gasteiger partial charge >= 0.3 is 0 Å². The van der Waals surface area contributed by atoms with Crippen LogP contribution in [-0.4, -0.2) is 23.9 Å². The van der Waals surface area contributed by atoms with E-state index in [2.05, 4.69) is 0 Å². The second-order valence-corrected chi connectivity index (χ2v) is 3.92. The normalized spacial score (nSPS) is 15.8. The molecule has 0 aromatic heterocycles. The Labute approximate surface area is 92.9 Å². The van der Waals surface area contributed by atoms with Gasteiger partial charge in [0.1, 0.15) is 0 Å². The third kappa shape index (κ3) is 2.21. The van der Waals surface area contributed by atoms with Gasteiger partial charge in [-0.25, -0.2) is 8.78 Å². The summed E-state index contributed by atoms with van der Waals surface area (Å²) in [6, 6.07) is 5.58. The highest BCUT2D eigenvalue weighted by Gasteiger charge is 2.19. The van der Waals surface area contributed by atoms with Gasteiger partial charge in [0, 0.05) is 24.2 Å².